The molecule has 1 aliphatic carbocycles. The van der Waals surface area contributed by atoms with Crippen LogP contribution in [0.1, 0.15) is 52.5 Å². The van der Waals surface area contributed by atoms with Crippen molar-refractivity contribution in [3.63, 3.8) is 0 Å². The number of aromatic carboxylic acids is 1. The fraction of sp³-hybridized carbons (Fsp3) is 0.227. The number of rotatable bonds is 5. The average molecular weight is 373 g/mol. The second-order valence-electron chi connectivity index (χ2n) is 6.35. The van der Waals surface area contributed by atoms with Crippen molar-refractivity contribution >= 4 is 17.1 Å². The Morgan fingerprint density at radius 2 is 1.86 bits per heavy atom. The first-order valence-electron chi connectivity index (χ1n) is 8.91. The van der Waals surface area contributed by atoms with Crippen LogP contribution >= 0.6 is 0 Å². The van der Waals surface area contributed by atoms with Crippen molar-refractivity contribution in [2.75, 3.05) is 6.61 Å². The van der Waals surface area contributed by atoms with E-state index in [0.717, 1.165) is 16.7 Å². The number of nitrogens with zero attached hydrogens (tertiary/aromatic N) is 3. The van der Waals surface area contributed by atoms with E-state index in [1.165, 1.54) is 4.57 Å². The lowest BCUT2D eigenvalue weighted by Crippen LogP contribution is -2.09. The van der Waals surface area contributed by atoms with E-state index in [9.17, 15) is 20.4 Å². The molecule has 6 nitrogen and oxygen atoms in total. The number of carboxylic acids is 1. The van der Waals surface area contributed by atoms with Gasteiger partial charge in [-0.15, -0.1) is 0 Å². The summed E-state index contributed by atoms with van der Waals surface area (Å²) in [6, 6.07) is 11.7. The predicted octanol–water partition coefficient (Wildman–Crippen LogP) is 4.13. The van der Waals surface area contributed by atoms with Gasteiger partial charge in [-0.1, -0.05) is 30.4 Å². The van der Waals surface area contributed by atoms with Gasteiger partial charge in [0, 0.05) is 12.6 Å². The van der Waals surface area contributed by atoms with Crippen molar-refractivity contribution < 1.29 is 14.6 Å². The predicted molar refractivity (Wildman–Crippen MR) is 105 cm³/mol. The molecule has 2 aromatic rings. The summed E-state index contributed by atoms with van der Waals surface area (Å²) in [6.45, 7) is 2.12. The van der Waals surface area contributed by atoms with Gasteiger partial charge in [-0.3, -0.25) is 0 Å². The Kier molecular flexibility index (Phi) is 5.33. The summed E-state index contributed by atoms with van der Waals surface area (Å²) in [6.07, 6.45) is 4.95. The van der Waals surface area contributed by atoms with E-state index in [1.807, 2.05) is 30.4 Å². The Morgan fingerprint density at radius 3 is 2.43 bits per heavy atom. The molecule has 140 valence electrons. The highest BCUT2D eigenvalue weighted by molar-refractivity contribution is 5.96. The van der Waals surface area contributed by atoms with Crippen molar-refractivity contribution in [2.45, 2.75) is 19.8 Å². The summed E-state index contributed by atoms with van der Waals surface area (Å²) in [5, 5.41) is 28.7. The number of ether oxygens (including phenoxy) is 1. The standard InChI is InChI=1S/C22H19N3O3/c1-3-28-21-18(13-24)19(20(22(26)27)25(21)2)15-10-8-14(9-11-15)17-7-5-4-6-16(17)12-23/h4-8,10H,3,9,11H2,1-2H3,(H,26,27). The van der Waals surface area contributed by atoms with Crippen LogP contribution < -0.4 is 4.74 Å². The van der Waals surface area contributed by atoms with Gasteiger partial charge in [-0.05, 0) is 42.5 Å². The first-order valence-corrected chi connectivity index (χ1v) is 8.91. The molecule has 0 saturated heterocycles. The van der Waals surface area contributed by atoms with Crippen LogP contribution in [0.4, 0.5) is 0 Å². The minimum Gasteiger partial charge on any atom is -0.478 e. The van der Waals surface area contributed by atoms with Crippen LogP contribution in [0.25, 0.3) is 11.1 Å². The highest BCUT2D eigenvalue weighted by Crippen LogP contribution is 2.39. The number of benzene rings is 1. The van der Waals surface area contributed by atoms with Gasteiger partial charge in [0.05, 0.1) is 18.2 Å². The van der Waals surface area contributed by atoms with Gasteiger partial charge in [0.25, 0.3) is 0 Å². The number of carboxylic acid groups (broad SMARTS) is 1. The zero-order valence-corrected chi connectivity index (χ0v) is 15.7. The van der Waals surface area contributed by atoms with Crippen LogP contribution in [0.3, 0.4) is 0 Å². The zero-order chi connectivity index (χ0) is 20.3. The fourth-order valence-corrected chi connectivity index (χ4v) is 3.57. The summed E-state index contributed by atoms with van der Waals surface area (Å²) in [4.78, 5) is 11.9. The molecule has 0 amide bonds. The smallest absolute Gasteiger partial charge is 0.353 e. The van der Waals surface area contributed by atoms with Crippen molar-refractivity contribution in [3.8, 4) is 18.0 Å². The summed E-state index contributed by atoms with van der Waals surface area (Å²) in [5.74, 6) is -0.839. The highest BCUT2D eigenvalue weighted by atomic mass is 16.5. The molecule has 1 N–H and O–H groups in total. The zero-order valence-electron chi connectivity index (χ0n) is 15.7. The Hall–Kier alpha value is -3.77. The van der Waals surface area contributed by atoms with Crippen molar-refractivity contribution in [1.29, 1.82) is 10.5 Å². The van der Waals surface area contributed by atoms with Crippen LogP contribution in [0, 0.1) is 22.7 Å². The van der Waals surface area contributed by atoms with E-state index in [1.54, 1.807) is 20.0 Å². The largest absolute Gasteiger partial charge is 0.478 e. The second-order valence-corrected chi connectivity index (χ2v) is 6.35. The van der Waals surface area contributed by atoms with E-state index in [0.29, 0.717) is 30.6 Å². The van der Waals surface area contributed by atoms with E-state index >= 15 is 0 Å². The first-order chi connectivity index (χ1) is 13.5. The Morgan fingerprint density at radius 1 is 1.18 bits per heavy atom. The Balaban J connectivity index is 2.13. The SMILES string of the molecule is CCOc1c(C#N)c(C2=CC=C(c3ccccc3C#N)CC2)c(C(=O)O)n1C. The quantitative estimate of drug-likeness (QED) is 0.850. The maximum absolute atomic E-state index is 11.9. The van der Waals surface area contributed by atoms with Gasteiger partial charge < -0.3 is 14.4 Å². The molecule has 1 aliphatic rings. The molecule has 1 aromatic carbocycles. The summed E-state index contributed by atoms with van der Waals surface area (Å²) in [5.41, 5.74) is 3.95. The molecule has 1 aromatic heterocycles. The molecular formula is C22H19N3O3. The molecule has 0 aliphatic heterocycles. The first kappa shape index (κ1) is 19.0. The topological polar surface area (TPSA) is 99.0 Å². The fourth-order valence-electron chi connectivity index (χ4n) is 3.57. The average Bonchev–Trinajstić information content (AvgIpc) is 3.00. The number of hydrogen-bond donors (Lipinski definition) is 1. The van der Waals surface area contributed by atoms with Gasteiger partial charge in [0.15, 0.2) is 0 Å². The van der Waals surface area contributed by atoms with Gasteiger partial charge in [0.2, 0.25) is 5.88 Å². The molecule has 3 rings (SSSR count). The third kappa shape index (κ3) is 3.17. The molecule has 0 saturated carbocycles. The van der Waals surface area contributed by atoms with Crippen LogP contribution in [0.5, 0.6) is 5.88 Å². The summed E-state index contributed by atoms with van der Waals surface area (Å²) < 4.78 is 6.96. The number of allylic oxidation sites excluding steroid dienone is 4. The monoisotopic (exact) mass is 373 g/mol. The van der Waals surface area contributed by atoms with E-state index < -0.39 is 5.97 Å². The van der Waals surface area contributed by atoms with E-state index in [2.05, 4.69) is 12.1 Å². The lowest BCUT2D eigenvalue weighted by Gasteiger charge is -2.16. The molecular weight excluding hydrogens is 354 g/mol. The molecule has 6 heteroatoms. The molecule has 28 heavy (non-hydrogen) atoms. The van der Waals surface area contributed by atoms with Crippen LogP contribution in [0.2, 0.25) is 0 Å². The number of hydrogen-bond acceptors (Lipinski definition) is 4. The third-order valence-corrected chi connectivity index (χ3v) is 4.80. The molecule has 0 atom stereocenters. The lowest BCUT2D eigenvalue weighted by atomic mass is 9.87. The van der Waals surface area contributed by atoms with Crippen LogP contribution in [-0.4, -0.2) is 22.2 Å². The minimum absolute atomic E-state index is 0.0422. The Labute approximate surface area is 163 Å². The number of aromatic nitrogens is 1. The molecule has 0 radical (unpaired) electrons. The van der Waals surface area contributed by atoms with Crippen molar-refractivity contribution in [1.82, 2.24) is 4.57 Å². The van der Waals surface area contributed by atoms with Crippen molar-refractivity contribution in [2.24, 2.45) is 7.05 Å². The maximum Gasteiger partial charge on any atom is 0.353 e. The normalized spacial score (nSPS) is 13.1. The van der Waals surface area contributed by atoms with Crippen molar-refractivity contribution in [3.05, 3.63) is 64.4 Å². The summed E-state index contributed by atoms with van der Waals surface area (Å²) >= 11 is 0. The van der Waals surface area contributed by atoms with Crippen LogP contribution in [0.15, 0.2) is 36.4 Å². The third-order valence-electron chi connectivity index (χ3n) is 4.80. The highest BCUT2D eigenvalue weighted by Gasteiger charge is 2.29. The van der Waals surface area contributed by atoms with Gasteiger partial charge in [-0.2, -0.15) is 10.5 Å². The van der Waals surface area contributed by atoms with Gasteiger partial charge >= 0.3 is 5.97 Å². The van der Waals surface area contributed by atoms with Gasteiger partial charge in [0.1, 0.15) is 17.3 Å². The lowest BCUT2D eigenvalue weighted by molar-refractivity contribution is 0.0684. The van der Waals surface area contributed by atoms with Gasteiger partial charge in [-0.25, -0.2) is 4.79 Å². The second kappa shape index (κ2) is 7.85. The van der Waals surface area contributed by atoms with Crippen LogP contribution in [-0.2, 0) is 7.05 Å². The van der Waals surface area contributed by atoms with E-state index in [-0.39, 0.29) is 17.1 Å². The molecule has 0 spiro atoms. The molecule has 0 bridgehead atoms. The minimum atomic E-state index is -1.11. The van der Waals surface area contributed by atoms with E-state index in [4.69, 9.17) is 4.74 Å². The number of carbonyl (C=O) groups is 1. The molecule has 1 heterocycles. The molecule has 0 fully saturated rings. The molecule has 0 unspecified atom stereocenters. The Bertz CT molecular complexity index is 1090. The maximum atomic E-state index is 11.9. The summed E-state index contributed by atoms with van der Waals surface area (Å²) in [7, 11) is 1.59. The number of nitriles is 2.